The summed E-state index contributed by atoms with van der Waals surface area (Å²) in [6.07, 6.45) is 3.21. The van der Waals surface area contributed by atoms with Gasteiger partial charge in [0.2, 0.25) is 0 Å². The number of nitrogens with zero attached hydrogens (tertiary/aromatic N) is 2. The monoisotopic (exact) mass is 301 g/mol. The second kappa shape index (κ2) is 6.19. The Labute approximate surface area is 121 Å². The first-order chi connectivity index (χ1) is 9.05. The highest BCUT2D eigenvalue weighted by Gasteiger charge is 2.45. The maximum absolute atomic E-state index is 11.5. The molecule has 0 amide bonds. The Morgan fingerprint density at radius 3 is 3.05 bits per heavy atom. The van der Waals surface area contributed by atoms with Gasteiger partial charge in [0.15, 0.2) is 4.34 Å². The number of hydrogen-bond donors (Lipinski definition) is 2. The van der Waals surface area contributed by atoms with Gasteiger partial charge in [0.05, 0.1) is 0 Å². The molecule has 1 fully saturated rings. The summed E-state index contributed by atoms with van der Waals surface area (Å²) >= 11 is 3.06. The summed E-state index contributed by atoms with van der Waals surface area (Å²) in [6.45, 7) is 4.68. The second-order valence-electron chi connectivity index (χ2n) is 4.90. The summed E-state index contributed by atoms with van der Waals surface area (Å²) in [5, 5.41) is 13.0. The van der Waals surface area contributed by atoms with E-state index in [4.69, 9.17) is 0 Å². The molecule has 0 saturated heterocycles. The minimum Gasteiger partial charge on any atom is -0.480 e. The number of nitrogens with one attached hydrogen (secondary N) is 1. The molecule has 106 valence electrons. The van der Waals surface area contributed by atoms with E-state index in [0.29, 0.717) is 18.1 Å². The van der Waals surface area contributed by atoms with Crippen LogP contribution in [0.1, 0.15) is 38.4 Å². The van der Waals surface area contributed by atoms with E-state index in [9.17, 15) is 9.90 Å². The molecule has 1 heterocycles. The SMILES string of the molecule is CCCNC1(C(=O)O)CCC(Sc2nc(C)ns2)C1. The lowest BCUT2D eigenvalue weighted by Gasteiger charge is -2.25. The van der Waals surface area contributed by atoms with Crippen LogP contribution in [-0.4, -0.2) is 37.8 Å². The van der Waals surface area contributed by atoms with E-state index >= 15 is 0 Å². The van der Waals surface area contributed by atoms with Gasteiger partial charge in [-0.3, -0.25) is 4.79 Å². The molecule has 7 heteroatoms. The minimum absolute atomic E-state index is 0.313. The molecule has 2 atom stereocenters. The predicted octanol–water partition coefficient (Wildman–Crippen LogP) is 2.31. The van der Waals surface area contributed by atoms with E-state index in [1.807, 2.05) is 13.8 Å². The predicted molar refractivity (Wildman–Crippen MR) is 76.8 cm³/mol. The minimum atomic E-state index is -0.743. The van der Waals surface area contributed by atoms with Crippen molar-refractivity contribution in [2.24, 2.45) is 0 Å². The van der Waals surface area contributed by atoms with Gasteiger partial charge >= 0.3 is 5.97 Å². The molecule has 0 aliphatic heterocycles. The third-order valence-corrected chi connectivity index (χ3v) is 5.51. The van der Waals surface area contributed by atoms with Crippen molar-refractivity contribution in [3.05, 3.63) is 5.82 Å². The number of carbonyl (C=O) groups is 1. The van der Waals surface area contributed by atoms with Crippen molar-refractivity contribution in [2.45, 2.75) is 54.7 Å². The zero-order valence-electron chi connectivity index (χ0n) is 11.2. The van der Waals surface area contributed by atoms with Crippen LogP contribution < -0.4 is 5.32 Å². The van der Waals surface area contributed by atoms with Gasteiger partial charge in [-0.15, -0.1) is 0 Å². The molecule has 0 bridgehead atoms. The standard InChI is InChI=1S/C12H19N3O2S2/c1-3-6-13-12(10(16)17)5-4-9(7-12)18-11-14-8(2)15-19-11/h9,13H,3-7H2,1-2H3,(H,16,17). The molecular weight excluding hydrogens is 282 g/mol. The van der Waals surface area contributed by atoms with Crippen molar-refractivity contribution < 1.29 is 9.90 Å². The molecule has 1 aliphatic rings. The summed E-state index contributed by atoms with van der Waals surface area (Å²) in [5.41, 5.74) is -0.743. The smallest absolute Gasteiger partial charge is 0.323 e. The molecule has 0 radical (unpaired) electrons. The molecule has 5 nitrogen and oxygen atoms in total. The molecule has 1 aromatic heterocycles. The number of thioether (sulfide) groups is 1. The largest absolute Gasteiger partial charge is 0.480 e. The van der Waals surface area contributed by atoms with Gasteiger partial charge in [-0.1, -0.05) is 18.7 Å². The van der Waals surface area contributed by atoms with Gasteiger partial charge in [-0.05, 0) is 50.7 Å². The van der Waals surface area contributed by atoms with Crippen LogP contribution in [0.4, 0.5) is 0 Å². The van der Waals surface area contributed by atoms with Crippen LogP contribution in [0.25, 0.3) is 0 Å². The first kappa shape index (κ1) is 14.7. The molecular formula is C12H19N3O2S2. The fraction of sp³-hybridized carbons (Fsp3) is 0.750. The first-order valence-corrected chi connectivity index (χ1v) is 8.16. The lowest BCUT2D eigenvalue weighted by Crippen LogP contribution is -2.50. The topological polar surface area (TPSA) is 75.1 Å². The Morgan fingerprint density at radius 2 is 2.47 bits per heavy atom. The van der Waals surface area contributed by atoms with Gasteiger partial charge < -0.3 is 10.4 Å². The molecule has 1 aromatic rings. The summed E-state index contributed by atoms with van der Waals surface area (Å²) < 4.78 is 5.10. The van der Waals surface area contributed by atoms with Gasteiger partial charge in [0, 0.05) is 5.25 Å². The maximum atomic E-state index is 11.5. The number of rotatable bonds is 6. The number of aryl methyl sites for hydroxylation is 1. The number of aromatic nitrogens is 2. The Balaban J connectivity index is 1.98. The van der Waals surface area contributed by atoms with E-state index in [2.05, 4.69) is 14.7 Å². The molecule has 2 rings (SSSR count). The Morgan fingerprint density at radius 1 is 1.68 bits per heavy atom. The maximum Gasteiger partial charge on any atom is 0.323 e. The summed E-state index contributed by atoms with van der Waals surface area (Å²) in [7, 11) is 0. The molecule has 19 heavy (non-hydrogen) atoms. The van der Waals surface area contributed by atoms with E-state index in [1.54, 1.807) is 11.8 Å². The number of carboxylic acid groups (broad SMARTS) is 1. The van der Waals surface area contributed by atoms with E-state index in [1.165, 1.54) is 11.5 Å². The van der Waals surface area contributed by atoms with E-state index < -0.39 is 11.5 Å². The van der Waals surface area contributed by atoms with Crippen LogP contribution in [0.2, 0.25) is 0 Å². The normalized spacial score (nSPS) is 26.7. The average molecular weight is 301 g/mol. The second-order valence-corrected chi connectivity index (χ2v) is 7.20. The van der Waals surface area contributed by atoms with Crippen molar-refractivity contribution in [3.63, 3.8) is 0 Å². The lowest BCUT2D eigenvalue weighted by molar-refractivity contribution is -0.144. The van der Waals surface area contributed by atoms with Crippen LogP contribution >= 0.6 is 23.3 Å². The van der Waals surface area contributed by atoms with Crippen LogP contribution in [0.15, 0.2) is 4.34 Å². The summed E-state index contributed by atoms with van der Waals surface area (Å²) in [6, 6.07) is 0. The van der Waals surface area contributed by atoms with Crippen molar-refractivity contribution in [1.29, 1.82) is 0 Å². The number of carboxylic acids is 1. The van der Waals surface area contributed by atoms with Gasteiger partial charge in [-0.2, -0.15) is 4.37 Å². The summed E-state index contributed by atoms with van der Waals surface area (Å²) in [5.74, 6) is 0.0663. The quantitative estimate of drug-likeness (QED) is 0.840. The van der Waals surface area contributed by atoms with E-state index in [-0.39, 0.29) is 0 Å². The van der Waals surface area contributed by atoms with Gasteiger partial charge in [-0.25, -0.2) is 4.98 Å². The van der Waals surface area contributed by atoms with Crippen LogP contribution in [-0.2, 0) is 4.79 Å². The van der Waals surface area contributed by atoms with Crippen molar-refractivity contribution in [3.8, 4) is 0 Å². The Kier molecular flexibility index (Phi) is 4.81. The third-order valence-electron chi connectivity index (χ3n) is 3.37. The van der Waals surface area contributed by atoms with E-state index in [0.717, 1.165) is 29.6 Å². The zero-order chi connectivity index (χ0) is 13.9. The van der Waals surface area contributed by atoms with Crippen LogP contribution in [0.5, 0.6) is 0 Å². The van der Waals surface area contributed by atoms with Crippen molar-refractivity contribution in [1.82, 2.24) is 14.7 Å². The number of aliphatic carboxylic acids is 1. The lowest BCUT2D eigenvalue weighted by atomic mass is 9.98. The zero-order valence-corrected chi connectivity index (χ0v) is 12.8. The molecule has 0 spiro atoms. The van der Waals surface area contributed by atoms with Crippen molar-refractivity contribution in [2.75, 3.05) is 6.54 Å². The van der Waals surface area contributed by atoms with Gasteiger partial charge in [0.1, 0.15) is 11.4 Å². The fourth-order valence-electron chi connectivity index (χ4n) is 2.36. The highest BCUT2D eigenvalue weighted by atomic mass is 32.2. The fourth-order valence-corrected chi connectivity index (χ4v) is 4.55. The average Bonchev–Trinajstić information content (AvgIpc) is 2.95. The third kappa shape index (κ3) is 3.46. The Hall–Kier alpha value is -0.660. The molecule has 2 unspecified atom stereocenters. The molecule has 0 aromatic carbocycles. The number of hydrogen-bond acceptors (Lipinski definition) is 6. The Bertz CT molecular complexity index is 452. The van der Waals surface area contributed by atoms with Gasteiger partial charge in [0.25, 0.3) is 0 Å². The van der Waals surface area contributed by atoms with Crippen LogP contribution in [0, 0.1) is 6.92 Å². The summed E-state index contributed by atoms with van der Waals surface area (Å²) in [4.78, 5) is 15.9. The van der Waals surface area contributed by atoms with Crippen LogP contribution in [0.3, 0.4) is 0 Å². The molecule has 1 aliphatic carbocycles. The highest BCUT2D eigenvalue weighted by molar-refractivity contribution is 8.01. The first-order valence-electron chi connectivity index (χ1n) is 6.51. The molecule has 2 N–H and O–H groups in total. The molecule has 1 saturated carbocycles. The van der Waals surface area contributed by atoms with Crippen molar-refractivity contribution >= 4 is 29.3 Å². The highest BCUT2D eigenvalue weighted by Crippen LogP contribution is 2.40.